The van der Waals surface area contributed by atoms with E-state index in [1.807, 2.05) is 18.2 Å². The Morgan fingerprint density at radius 3 is 2.78 bits per heavy atom. The monoisotopic (exact) mass is 329 g/mol. The lowest BCUT2D eigenvalue weighted by molar-refractivity contribution is 0.533. The predicted octanol–water partition coefficient (Wildman–Crippen LogP) is 2.27. The van der Waals surface area contributed by atoms with Crippen LogP contribution >= 0.6 is 11.6 Å². The molecule has 0 amide bonds. The van der Waals surface area contributed by atoms with Crippen LogP contribution in [0.4, 0.5) is 11.8 Å². The fourth-order valence-electron chi connectivity index (χ4n) is 3.86. The third-order valence-electron chi connectivity index (χ3n) is 4.96. The maximum atomic E-state index is 6.11. The van der Waals surface area contributed by atoms with Gasteiger partial charge in [0.05, 0.1) is 0 Å². The van der Waals surface area contributed by atoms with Crippen LogP contribution in [0.5, 0.6) is 0 Å². The standard InChI is InChI=1S/C16H16ClN5O/c17-10-1-2-12-11(3-10)13-14(23-12)15(21-16(18)20-13)22-6-8-4-19-5-9(8)7-22/h1-3,8-9,19H,4-7H2,(H2,18,20,21)/t8-,9+. The van der Waals surface area contributed by atoms with E-state index >= 15 is 0 Å². The van der Waals surface area contributed by atoms with E-state index in [1.165, 1.54) is 0 Å². The molecule has 2 aliphatic rings. The summed E-state index contributed by atoms with van der Waals surface area (Å²) < 4.78 is 6.03. The molecular weight excluding hydrogens is 314 g/mol. The minimum absolute atomic E-state index is 0.269. The van der Waals surface area contributed by atoms with Gasteiger partial charge in [0.1, 0.15) is 11.1 Å². The van der Waals surface area contributed by atoms with E-state index in [9.17, 15) is 0 Å². The largest absolute Gasteiger partial charge is 0.450 e. The van der Waals surface area contributed by atoms with Crippen LogP contribution < -0.4 is 16.0 Å². The SMILES string of the molecule is Nc1nc(N2C[C@H]3CNC[C@H]3C2)c2oc3ccc(Cl)cc3c2n1. The molecule has 2 atom stereocenters. The first-order valence-electron chi connectivity index (χ1n) is 7.80. The zero-order valence-corrected chi connectivity index (χ0v) is 13.2. The van der Waals surface area contributed by atoms with Crippen LogP contribution in [-0.2, 0) is 0 Å². The number of nitrogen functional groups attached to an aromatic ring is 1. The molecule has 2 fully saturated rings. The number of furan rings is 1. The van der Waals surface area contributed by atoms with Crippen molar-refractivity contribution in [2.45, 2.75) is 0 Å². The zero-order chi connectivity index (χ0) is 15.6. The Bertz CT molecular complexity index is 912. The van der Waals surface area contributed by atoms with Crippen molar-refractivity contribution in [3.8, 4) is 0 Å². The topological polar surface area (TPSA) is 80.2 Å². The fraction of sp³-hybridized carbons (Fsp3) is 0.375. The minimum atomic E-state index is 0.269. The van der Waals surface area contributed by atoms with Crippen molar-refractivity contribution in [1.29, 1.82) is 0 Å². The molecule has 0 radical (unpaired) electrons. The molecule has 5 rings (SSSR count). The van der Waals surface area contributed by atoms with E-state index in [1.54, 1.807) is 0 Å². The van der Waals surface area contributed by atoms with Gasteiger partial charge in [0, 0.05) is 36.6 Å². The molecule has 0 bridgehead atoms. The Morgan fingerprint density at radius 1 is 1.22 bits per heavy atom. The van der Waals surface area contributed by atoms with Gasteiger partial charge in [0.2, 0.25) is 5.95 Å². The smallest absolute Gasteiger partial charge is 0.222 e. The molecule has 2 saturated heterocycles. The Balaban J connectivity index is 1.70. The molecule has 0 saturated carbocycles. The summed E-state index contributed by atoms with van der Waals surface area (Å²) in [7, 11) is 0. The van der Waals surface area contributed by atoms with Crippen LogP contribution in [0, 0.1) is 11.8 Å². The summed E-state index contributed by atoms with van der Waals surface area (Å²) in [6, 6.07) is 5.54. The molecule has 118 valence electrons. The molecular formula is C16H16ClN5O. The van der Waals surface area contributed by atoms with Crippen LogP contribution in [0.15, 0.2) is 22.6 Å². The number of rotatable bonds is 1. The van der Waals surface area contributed by atoms with E-state index < -0.39 is 0 Å². The van der Waals surface area contributed by atoms with Crippen molar-refractivity contribution in [3.05, 3.63) is 23.2 Å². The lowest BCUT2D eigenvalue weighted by Crippen LogP contribution is -2.26. The number of anilines is 2. The molecule has 3 N–H and O–H groups in total. The van der Waals surface area contributed by atoms with E-state index in [-0.39, 0.29) is 5.95 Å². The number of hydrogen-bond donors (Lipinski definition) is 2. The maximum Gasteiger partial charge on any atom is 0.222 e. The molecule has 7 heteroatoms. The number of nitrogens with zero attached hydrogens (tertiary/aromatic N) is 3. The summed E-state index contributed by atoms with van der Waals surface area (Å²) in [6.45, 7) is 4.09. The second kappa shape index (κ2) is 4.72. The number of halogens is 1. The fourth-order valence-corrected chi connectivity index (χ4v) is 4.03. The molecule has 0 spiro atoms. The van der Waals surface area contributed by atoms with Crippen molar-refractivity contribution in [1.82, 2.24) is 15.3 Å². The van der Waals surface area contributed by atoms with Crippen molar-refractivity contribution in [2.75, 3.05) is 36.8 Å². The van der Waals surface area contributed by atoms with Crippen LogP contribution in [0.3, 0.4) is 0 Å². The van der Waals surface area contributed by atoms with Gasteiger partial charge < -0.3 is 20.4 Å². The second-order valence-corrected chi connectivity index (χ2v) is 6.85. The average molecular weight is 330 g/mol. The van der Waals surface area contributed by atoms with E-state index in [0.717, 1.165) is 48.5 Å². The van der Waals surface area contributed by atoms with Crippen LogP contribution in [-0.4, -0.2) is 36.1 Å². The first-order valence-corrected chi connectivity index (χ1v) is 8.18. The highest BCUT2D eigenvalue weighted by molar-refractivity contribution is 6.31. The molecule has 1 aromatic carbocycles. The minimum Gasteiger partial charge on any atom is -0.450 e. The number of nitrogens with one attached hydrogen (secondary N) is 1. The third kappa shape index (κ3) is 1.98. The lowest BCUT2D eigenvalue weighted by atomic mass is 10.0. The van der Waals surface area contributed by atoms with Gasteiger partial charge in [-0.15, -0.1) is 0 Å². The first kappa shape index (κ1) is 13.4. The molecule has 2 aliphatic heterocycles. The lowest BCUT2D eigenvalue weighted by Gasteiger charge is -2.18. The zero-order valence-electron chi connectivity index (χ0n) is 12.4. The van der Waals surface area contributed by atoms with Crippen molar-refractivity contribution < 1.29 is 4.42 Å². The molecule has 4 heterocycles. The van der Waals surface area contributed by atoms with Crippen molar-refractivity contribution in [2.24, 2.45) is 11.8 Å². The molecule has 2 aromatic heterocycles. The van der Waals surface area contributed by atoms with Gasteiger partial charge >= 0.3 is 0 Å². The second-order valence-electron chi connectivity index (χ2n) is 6.41. The summed E-state index contributed by atoms with van der Waals surface area (Å²) in [5, 5.41) is 4.98. The van der Waals surface area contributed by atoms with Crippen molar-refractivity contribution >= 4 is 45.4 Å². The quantitative estimate of drug-likeness (QED) is 0.713. The summed E-state index contributed by atoms with van der Waals surface area (Å²) in [5.41, 5.74) is 8.15. The van der Waals surface area contributed by atoms with Gasteiger partial charge in [-0.25, -0.2) is 4.98 Å². The Morgan fingerprint density at radius 2 is 2.00 bits per heavy atom. The number of nitrogens with two attached hydrogens (primary N) is 1. The van der Waals surface area contributed by atoms with Crippen LogP contribution in [0.25, 0.3) is 22.1 Å². The Kier molecular flexibility index (Phi) is 2.75. The van der Waals surface area contributed by atoms with E-state index in [0.29, 0.717) is 22.4 Å². The van der Waals surface area contributed by atoms with Gasteiger partial charge in [-0.2, -0.15) is 4.98 Å². The highest BCUT2D eigenvalue weighted by atomic mass is 35.5. The first-order chi connectivity index (χ1) is 11.2. The van der Waals surface area contributed by atoms with Crippen molar-refractivity contribution in [3.63, 3.8) is 0 Å². The average Bonchev–Trinajstić information content (AvgIpc) is 3.19. The number of benzene rings is 1. The molecule has 0 aliphatic carbocycles. The van der Waals surface area contributed by atoms with Crippen LogP contribution in [0.1, 0.15) is 0 Å². The molecule has 0 unspecified atom stereocenters. The third-order valence-corrected chi connectivity index (χ3v) is 5.20. The number of fused-ring (bicyclic) bond motifs is 4. The summed E-state index contributed by atoms with van der Waals surface area (Å²) in [6.07, 6.45) is 0. The number of hydrogen-bond acceptors (Lipinski definition) is 6. The van der Waals surface area contributed by atoms with Gasteiger partial charge in [-0.1, -0.05) is 11.6 Å². The van der Waals surface area contributed by atoms with Gasteiger partial charge in [0.25, 0.3) is 0 Å². The highest BCUT2D eigenvalue weighted by Gasteiger charge is 2.37. The molecule has 3 aromatic rings. The Labute approximate surface area is 137 Å². The number of aromatic nitrogens is 2. The predicted molar refractivity (Wildman–Crippen MR) is 90.8 cm³/mol. The molecule has 6 nitrogen and oxygen atoms in total. The van der Waals surface area contributed by atoms with Gasteiger partial charge in [-0.3, -0.25) is 0 Å². The highest BCUT2D eigenvalue weighted by Crippen LogP contribution is 2.37. The van der Waals surface area contributed by atoms with E-state index in [4.69, 9.17) is 21.8 Å². The van der Waals surface area contributed by atoms with Gasteiger partial charge in [0.15, 0.2) is 11.4 Å². The summed E-state index contributed by atoms with van der Waals surface area (Å²) in [4.78, 5) is 11.1. The maximum absolute atomic E-state index is 6.11. The molecule has 23 heavy (non-hydrogen) atoms. The van der Waals surface area contributed by atoms with E-state index in [2.05, 4.69) is 20.2 Å². The van der Waals surface area contributed by atoms with Gasteiger partial charge in [-0.05, 0) is 30.0 Å². The Hall–Kier alpha value is -2.05. The van der Waals surface area contributed by atoms with Crippen LogP contribution in [0.2, 0.25) is 5.02 Å². The summed E-state index contributed by atoms with van der Waals surface area (Å²) >= 11 is 6.11. The normalized spacial score (nSPS) is 24.0. The summed E-state index contributed by atoms with van der Waals surface area (Å²) in [5.74, 6) is 2.40.